The minimum absolute atomic E-state index is 0.159. The molecule has 29 heavy (non-hydrogen) atoms. The third-order valence-corrected chi connectivity index (χ3v) is 6.00. The van der Waals surface area contributed by atoms with Gasteiger partial charge in [0.1, 0.15) is 5.75 Å². The van der Waals surface area contributed by atoms with E-state index in [0.717, 1.165) is 63.5 Å². The standard InChI is InChI=1S/C22H33N3O4/c1-28-20-9-4-3-8-19(20)24-15-13-23(14-16-24)18-7-6-12-25(17-18)21(26)10-5-11-22(27)29-2/h3-4,8-9,18H,5-7,10-17H2,1-2H3. The van der Waals surface area contributed by atoms with Crippen molar-refractivity contribution in [2.75, 3.05) is 58.4 Å². The Bertz CT molecular complexity index is 688. The van der Waals surface area contributed by atoms with Crippen LogP contribution in [-0.4, -0.2) is 81.2 Å². The minimum atomic E-state index is -0.248. The molecule has 1 unspecified atom stereocenters. The summed E-state index contributed by atoms with van der Waals surface area (Å²) in [7, 11) is 3.10. The molecule has 0 saturated carbocycles. The zero-order valence-corrected chi connectivity index (χ0v) is 17.6. The van der Waals surface area contributed by atoms with Crippen molar-refractivity contribution in [2.24, 2.45) is 0 Å². The smallest absolute Gasteiger partial charge is 0.305 e. The fraction of sp³-hybridized carbons (Fsp3) is 0.636. The molecule has 2 aliphatic rings. The Kier molecular flexibility index (Phi) is 7.75. The number of amides is 1. The molecule has 1 atom stereocenters. The predicted molar refractivity (Wildman–Crippen MR) is 112 cm³/mol. The maximum atomic E-state index is 12.5. The van der Waals surface area contributed by atoms with Gasteiger partial charge >= 0.3 is 5.97 Å². The minimum Gasteiger partial charge on any atom is -0.495 e. The Morgan fingerprint density at radius 1 is 1.03 bits per heavy atom. The van der Waals surface area contributed by atoms with Crippen molar-refractivity contribution in [1.29, 1.82) is 0 Å². The first-order valence-corrected chi connectivity index (χ1v) is 10.6. The second kappa shape index (κ2) is 10.5. The molecule has 0 aliphatic carbocycles. The van der Waals surface area contributed by atoms with E-state index in [4.69, 9.17) is 4.74 Å². The van der Waals surface area contributed by atoms with Crippen molar-refractivity contribution >= 4 is 17.6 Å². The van der Waals surface area contributed by atoms with Crippen LogP contribution in [0.1, 0.15) is 32.1 Å². The normalized spacial score (nSPS) is 20.4. The Labute approximate surface area is 173 Å². The molecule has 0 bridgehead atoms. The number of nitrogens with zero attached hydrogens (tertiary/aromatic N) is 3. The quantitative estimate of drug-likeness (QED) is 0.650. The van der Waals surface area contributed by atoms with Gasteiger partial charge in [0, 0.05) is 58.2 Å². The zero-order chi connectivity index (χ0) is 20.6. The van der Waals surface area contributed by atoms with E-state index in [-0.39, 0.29) is 11.9 Å². The lowest BCUT2D eigenvalue weighted by Crippen LogP contribution is -2.55. The summed E-state index contributed by atoms with van der Waals surface area (Å²) in [5, 5.41) is 0. The van der Waals surface area contributed by atoms with Crippen molar-refractivity contribution in [2.45, 2.75) is 38.1 Å². The van der Waals surface area contributed by atoms with Gasteiger partial charge in [-0.1, -0.05) is 12.1 Å². The molecule has 2 fully saturated rings. The summed E-state index contributed by atoms with van der Waals surface area (Å²) in [5.74, 6) is 0.829. The van der Waals surface area contributed by atoms with Crippen LogP contribution in [-0.2, 0) is 14.3 Å². The monoisotopic (exact) mass is 403 g/mol. The summed E-state index contributed by atoms with van der Waals surface area (Å²) >= 11 is 0. The summed E-state index contributed by atoms with van der Waals surface area (Å²) in [6.07, 6.45) is 3.47. The number of ether oxygens (including phenoxy) is 2. The molecule has 7 nitrogen and oxygen atoms in total. The van der Waals surface area contributed by atoms with Crippen LogP contribution in [0.15, 0.2) is 24.3 Å². The third kappa shape index (κ3) is 5.63. The first-order chi connectivity index (χ1) is 14.1. The van der Waals surface area contributed by atoms with Crippen LogP contribution in [0.25, 0.3) is 0 Å². The largest absolute Gasteiger partial charge is 0.495 e. The lowest BCUT2D eigenvalue weighted by atomic mass is 10.0. The molecule has 1 aromatic rings. The summed E-state index contributed by atoms with van der Waals surface area (Å²) in [5.41, 5.74) is 1.15. The first kappa shape index (κ1) is 21.4. The highest BCUT2D eigenvalue weighted by molar-refractivity contribution is 5.77. The lowest BCUT2D eigenvalue weighted by molar-refractivity contribution is -0.141. The van der Waals surface area contributed by atoms with Crippen LogP contribution >= 0.6 is 0 Å². The van der Waals surface area contributed by atoms with Gasteiger partial charge in [0.2, 0.25) is 5.91 Å². The number of hydrogen-bond acceptors (Lipinski definition) is 6. The van der Waals surface area contributed by atoms with Gasteiger partial charge in [-0.15, -0.1) is 0 Å². The molecule has 0 N–H and O–H groups in total. The maximum Gasteiger partial charge on any atom is 0.305 e. The van der Waals surface area contributed by atoms with Crippen molar-refractivity contribution in [3.05, 3.63) is 24.3 Å². The number of likely N-dealkylation sites (tertiary alicyclic amines) is 1. The Morgan fingerprint density at radius 2 is 1.79 bits per heavy atom. The van der Waals surface area contributed by atoms with Crippen LogP contribution < -0.4 is 9.64 Å². The summed E-state index contributed by atoms with van der Waals surface area (Å²) in [6.45, 7) is 5.54. The number of para-hydroxylation sites is 2. The Morgan fingerprint density at radius 3 is 2.52 bits per heavy atom. The van der Waals surface area contributed by atoms with Gasteiger partial charge in [0.25, 0.3) is 0 Å². The average molecular weight is 404 g/mol. The van der Waals surface area contributed by atoms with Gasteiger partial charge in [0.05, 0.1) is 19.9 Å². The van der Waals surface area contributed by atoms with Crippen molar-refractivity contribution < 1.29 is 19.1 Å². The molecule has 0 spiro atoms. The number of benzene rings is 1. The number of carbonyl (C=O) groups excluding carboxylic acids is 2. The zero-order valence-electron chi connectivity index (χ0n) is 17.6. The number of esters is 1. The van der Waals surface area contributed by atoms with E-state index in [1.54, 1.807) is 7.11 Å². The van der Waals surface area contributed by atoms with E-state index in [0.29, 0.717) is 25.3 Å². The highest BCUT2D eigenvalue weighted by atomic mass is 16.5. The third-order valence-electron chi connectivity index (χ3n) is 6.00. The van der Waals surface area contributed by atoms with E-state index >= 15 is 0 Å². The molecule has 2 saturated heterocycles. The second-order valence-corrected chi connectivity index (χ2v) is 7.76. The molecular weight excluding hydrogens is 370 g/mol. The van der Waals surface area contributed by atoms with Gasteiger partial charge in [0.15, 0.2) is 0 Å². The van der Waals surface area contributed by atoms with E-state index in [9.17, 15) is 9.59 Å². The van der Waals surface area contributed by atoms with Crippen LogP contribution in [0.3, 0.4) is 0 Å². The average Bonchev–Trinajstić information content (AvgIpc) is 2.79. The first-order valence-electron chi connectivity index (χ1n) is 10.6. The van der Waals surface area contributed by atoms with Gasteiger partial charge < -0.3 is 19.3 Å². The van der Waals surface area contributed by atoms with Crippen molar-refractivity contribution in [3.8, 4) is 5.75 Å². The highest BCUT2D eigenvalue weighted by Crippen LogP contribution is 2.29. The number of methoxy groups -OCH3 is 2. The van der Waals surface area contributed by atoms with Crippen molar-refractivity contribution in [1.82, 2.24) is 9.80 Å². The van der Waals surface area contributed by atoms with E-state index < -0.39 is 0 Å². The molecule has 7 heteroatoms. The fourth-order valence-electron chi connectivity index (χ4n) is 4.34. The Hall–Kier alpha value is -2.28. The molecule has 2 heterocycles. The van der Waals surface area contributed by atoms with Gasteiger partial charge in [-0.3, -0.25) is 14.5 Å². The van der Waals surface area contributed by atoms with Crippen LogP contribution in [0.5, 0.6) is 5.75 Å². The van der Waals surface area contributed by atoms with Crippen LogP contribution in [0.2, 0.25) is 0 Å². The molecule has 3 rings (SSSR count). The molecule has 2 aliphatic heterocycles. The summed E-state index contributed by atoms with van der Waals surface area (Å²) in [6, 6.07) is 8.59. The molecule has 160 valence electrons. The number of carbonyl (C=O) groups is 2. The second-order valence-electron chi connectivity index (χ2n) is 7.76. The summed E-state index contributed by atoms with van der Waals surface area (Å²) < 4.78 is 10.2. The number of piperidine rings is 1. The van der Waals surface area contributed by atoms with Gasteiger partial charge in [-0.05, 0) is 31.4 Å². The Balaban J connectivity index is 1.48. The van der Waals surface area contributed by atoms with E-state index in [1.165, 1.54) is 7.11 Å². The van der Waals surface area contributed by atoms with Crippen molar-refractivity contribution in [3.63, 3.8) is 0 Å². The summed E-state index contributed by atoms with van der Waals surface area (Å²) in [4.78, 5) is 30.7. The van der Waals surface area contributed by atoms with E-state index in [2.05, 4.69) is 26.7 Å². The van der Waals surface area contributed by atoms with Crippen LogP contribution in [0.4, 0.5) is 5.69 Å². The van der Waals surface area contributed by atoms with Crippen LogP contribution in [0, 0.1) is 0 Å². The molecular formula is C22H33N3O4. The highest BCUT2D eigenvalue weighted by Gasteiger charge is 2.30. The topological polar surface area (TPSA) is 62.3 Å². The molecule has 1 aromatic carbocycles. The number of anilines is 1. The predicted octanol–water partition coefficient (Wildman–Crippen LogP) is 2.15. The fourth-order valence-corrected chi connectivity index (χ4v) is 4.34. The number of rotatable bonds is 7. The van der Waals surface area contributed by atoms with Gasteiger partial charge in [-0.2, -0.15) is 0 Å². The molecule has 0 aromatic heterocycles. The SMILES string of the molecule is COC(=O)CCCC(=O)N1CCCC(N2CCN(c3ccccc3OC)CC2)C1. The lowest BCUT2D eigenvalue weighted by Gasteiger charge is -2.44. The maximum absolute atomic E-state index is 12.5. The molecule has 1 amide bonds. The van der Waals surface area contributed by atoms with E-state index in [1.807, 2.05) is 17.0 Å². The van der Waals surface area contributed by atoms with Gasteiger partial charge in [-0.25, -0.2) is 0 Å². The number of hydrogen-bond donors (Lipinski definition) is 0. The molecule has 0 radical (unpaired) electrons. The number of piperazine rings is 1.